The van der Waals surface area contributed by atoms with Crippen LogP contribution in [0.4, 0.5) is 5.69 Å². The fourth-order valence-electron chi connectivity index (χ4n) is 2.26. The molecular weight excluding hydrogens is 348 g/mol. The highest BCUT2D eigenvalue weighted by molar-refractivity contribution is 9.10. The number of H-pyrrole nitrogens is 1. The van der Waals surface area contributed by atoms with Crippen molar-refractivity contribution in [3.05, 3.63) is 51.3 Å². The number of rotatable bonds is 4. The van der Waals surface area contributed by atoms with Crippen molar-refractivity contribution < 1.29 is 14.3 Å². The molecule has 6 heteroatoms. The Hall–Kier alpha value is -2.08. The average Bonchev–Trinajstić information content (AvgIpc) is 2.85. The molecule has 0 bridgehead atoms. The van der Waals surface area contributed by atoms with Crippen LogP contribution in [-0.2, 0) is 11.2 Å². The molecule has 1 aromatic heterocycles. The van der Waals surface area contributed by atoms with Crippen molar-refractivity contribution in [2.75, 3.05) is 12.4 Å². The van der Waals surface area contributed by atoms with E-state index in [2.05, 4.69) is 26.2 Å². The summed E-state index contributed by atoms with van der Waals surface area (Å²) in [7, 11) is 1.33. The van der Waals surface area contributed by atoms with Gasteiger partial charge in [0.15, 0.2) is 0 Å². The predicted molar refractivity (Wildman–Crippen MR) is 88.3 cm³/mol. The van der Waals surface area contributed by atoms with E-state index in [1.165, 1.54) is 7.11 Å². The van der Waals surface area contributed by atoms with Crippen LogP contribution in [0.3, 0.4) is 0 Å². The summed E-state index contributed by atoms with van der Waals surface area (Å²) >= 11 is 3.34. The van der Waals surface area contributed by atoms with Crippen molar-refractivity contribution in [3.8, 4) is 0 Å². The minimum Gasteiger partial charge on any atom is -0.465 e. The summed E-state index contributed by atoms with van der Waals surface area (Å²) < 4.78 is 5.72. The number of hydrogen-bond acceptors (Lipinski definition) is 3. The summed E-state index contributed by atoms with van der Waals surface area (Å²) in [4.78, 5) is 27.3. The second-order valence-corrected chi connectivity index (χ2v) is 5.70. The maximum atomic E-state index is 12.4. The van der Waals surface area contributed by atoms with Gasteiger partial charge in [0, 0.05) is 15.9 Å². The first-order valence-corrected chi connectivity index (χ1v) is 7.63. The number of hydrogen-bond donors (Lipinski definition) is 2. The number of aromatic amines is 1. The molecule has 0 spiro atoms. The molecule has 22 heavy (non-hydrogen) atoms. The molecule has 1 heterocycles. The van der Waals surface area contributed by atoms with Crippen molar-refractivity contribution in [3.63, 3.8) is 0 Å². The summed E-state index contributed by atoms with van der Waals surface area (Å²) in [5, 5.41) is 2.80. The van der Waals surface area contributed by atoms with Gasteiger partial charge in [0.05, 0.1) is 12.7 Å². The predicted octanol–water partition coefficient (Wildman–Crippen LogP) is 3.69. The Morgan fingerprint density at radius 3 is 2.45 bits per heavy atom. The molecule has 2 N–H and O–H groups in total. The van der Waals surface area contributed by atoms with E-state index in [4.69, 9.17) is 4.74 Å². The number of ether oxygens (including phenoxy) is 1. The van der Waals surface area contributed by atoms with Crippen LogP contribution < -0.4 is 5.32 Å². The van der Waals surface area contributed by atoms with E-state index >= 15 is 0 Å². The van der Waals surface area contributed by atoms with E-state index in [0.717, 1.165) is 4.47 Å². The van der Waals surface area contributed by atoms with Gasteiger partial charge in [0.25, 0.3) is 5.91 Å². The Morgan fingerprint density at radius 2 is 1.91 bits per heavy atom. The van der Waals surface area contributed by atoms with Crippen LogP contribution in [0.1, 0.15) is 39.0 Å². The number of halogens is 1. The van der Waals surface area contributed by atoms with E-state index in [0.29, 0.717) is 34.6 Å². The van der Waals surface area contributed by atoms with Gasteiger partial charge >= 0.3 is 5.97 Å². The number of amides is 1. The van der Waals surface area contributed by atoms with Gasteiger partial charge in [-0.2, -0.15) is 0 Å². The standard InChI is InChI=1S/C16H17BrN2O3/c1-4-12-13(16(21)22-3)9(2)14(19-12)15(20)18-11-7-5-10(17)6-8-11/h5-8,19H,4H2,1-3H3,(H,18,20). The normalized spacial score (nSPS) is 10.4. The first-order chi connectivity index (χ1) is 10.5. The molecule has 1 amide bonds. The fraction of sp³-hybridized carbons (Fsp3) is 0.250. The zero-order valence-electron chi connectivity index (χ0n) is 12.6. The quantitative estimate of drug-likeness (QED) is 0.812. The number of carbonyl (C=O) groups is 2. The van der Waals surface area contributed by atoms with Gasteiger partial charge in [-0.05, 0) is 43.2 Å². The summed E-state index contributed by atoms with van der Waals surface area (Å²) in [5.41, 5.74) is 2.79. The molecule has 1 aromatic carbocycles. The van der Waals surface area contributed by atoms with Crippen LogP contribution in [-0.4, -0.2) is 24.0 Å². The van der Waals surface area contributed by atoms with Crippen molar-refractivity contribution in [1.82, 2.24) is 4.98 Å². The molecule has 0 aliphatic carbocycles. The van der Waals surface area contributed by atoms with E-state index in [9.17, 15) is 9.59 Å². The largest absolute Gasteiger partial charge is 0.465 e. The molecule has 116 valence electrons. The topological polar surface area (TPSA) is 71.2 Å². The zero-order valence-corrected chi connectivity index (χ0v) is 14.2. The van der Waals surface area contributed by atoms with E-state index < -0.39 is 5.97 Å². The number of carbonyl (C=O) groups excluding carboxylic acids is 2. The van der Waals surface area contributed by atoms with Crippen molar-refractivity contribution in [2.24, 2.45) is 0 Å². The molecule has 0 saturated heterocycles. The molecule has 0 atom stereocenters. The van der Waals surface area contributed by atoms with Crippen LogP contribution in [0.5, 0.6) is 0 Å². The zero-order chi connectivity index (χ0) is 16.3. The smallest absolute Gasteiger partial charge is 0.339 e. The highest BCUT2D eigenvalue weighted by Crippen LogP contribution is 2.22. The molecule has 0 unspecified atom stereocenters. The van der Waals surface area contributed by atoms with Gasteiger partial charge in [0.2, 0.25) is 0 Å². The molecule has 2 rings (SSSR count). The van der Waals surface area contributed by atoms with Gasteiger partial charge < -0.3 is 15.0 Å². The van der Waals surface area contributed by atoms with Gasteiger partial charge in [-0.15, -0.1) is 0 Å². The van der Waals surface area contributed by atoms with E-state index in [1.54, 1.807) is 19.1 Å². The number of nitrogens with one attached hydrogen (secondary N) is 2. The highest BCUT2D eigenvalue weighted by atomic mass is 79.9. The number of aryl methyl sites for hydroxylation is 1. The lowest BCUT2D eigenvalue weighted by molar-refractivity contribution is 0.0599. The van der Waals surface area contributed by atoms with Crippen molar-refractivity contribution >= 4 is 33.5 Å². The molecular formula is C16H17BrN2O3. The monoisotopic (exact) mass is 364 g/mol. The van der Waals surface area contributed by atoms with Gasteiger partial charge in [0.1, 0.15) is 5.69 Å². The summed E-state index contributed by atoms with van der Waals surface area (Å²) in [5.74, 6) is -0.724. The Kier molecular flexibility index (Phi) is 5.03. The van der Waals surface area contributed by atoms with Crippen LogP contribution in [0, 0.1) is 6.92 Å². The van der Waals surface area contributed by atoms with Crippen LogP contribution >= 0.6 is 15.9 Å². The number of anilines is 1. The van der Waals surface area contributed by atoms with E-state index in [-0.39, 0.29) is 5.91 Å². The Balaban J connectivity index is 2.32. The number of aromatic nitrogens is 1. The molecule has 2 aromatic rings. The molecule has 0 aliphatic heterocycles. The molecule has 0 radical (unpaired) electrons. The van der Waals surface area contributed by atoms with Crippen LogP contribution in [0.15, 0.2) is 28.7 Å². The SMILES string of the molecule is CCc1[nH]c(C(=O)Nc2ccc(Br)cc2)c(C)c1C(=O)OC. The molecule has 0 fully saturated rings. The minimum atomic E-state index is -0.437. The second-order valence-electron chi connectivity index (χ2n) is 4.78. The molecule has 5 nitrogen and oxygen atoms in total. The lowest BCUT2D eigenvalue weighted by Crippen LogP contribution is -2.14. The average molecular weight is 365 g/mol. The highest BCUT2D eigenvalue weighted by Gasteiger charge is 2.23. The third-order valence-corrected chi connectivity index (χ3v) is 3.93. The lowest BCUT2D eigenvalue weighted by Gasteiger charge is -2.05. The van der Waals surface area contributed by atoms with Crippen LogP contribution in [0.2, 0.25) is 0 Å². The van der Waals surface area contributed by atoms with Crippen molar-refractivity contribution in [1.29, 1.82) is 0 Å². The van der Waals surface area contributed by atoms with Gasteiger partial charge in [-0.25, -0.2) is 4.79 Å². The number of benzene rings is 1. The maximum Gasteiger partial charge on any atom is 0.339 e. The molecule has 0 saturated carbocycles. The summed E-state index contributed by atoms with van der Waals surface area (Å²) in [6.07, 6.45) is 0.608. The first kappa shape index (κ1) is 16.3. The number of esters is 1. The Morgan fingerprint density at radius 1 is 1.27 bits per heavy atom. The fourth-order valence-corrected chi connectivity index (χ4v) is 2.52. The minimum absolute atomic E-state index is 0.287. The Bertz CT molecular complexity index is 705. The van der Waals surface area contributed by atoms with Gasteiger partial charge in [-0.3, -0.25) is 4.79 Å². The van der Waals surface area contributed by atoms with Crippen molar-refractivity contribution in [2.45, 2.75) is 20.3 Å². The first-order valence-electron chi connectivity index (χ1n) is 6.84. The van der Waals surface area contributed by atoms with Crippen LogP contribution in [0.25, 0.3) is 0 Å². The summed E-state index contributed by atoms with van der Waals surface area (Å²) in [6, 6.07) is 7.27. The maximum absolute atomic E-state index is 12.4. The summed E-state index contributed by atoms with van der Waals surface area (Å²) in [6.45, 7) is 3.65. The van der Waals surface area contributed by atoms with Gasteiger partial charge in [-0.1, -0.05) is 22.9 Å². The Labute approximate surface area is 137 Å². The third kappa shape index (κ3) is 3.22. The number of methoxy groups -OCH3 is 1. The van der Waals surface area contributed by atoms with E-state index in [1.807, 2.05) is 19.1 Å². The second kappa shape index (κ2) is 6.79. The third-order valence-electron chi connectivity index (χ3n) is 3.40. The molecule has 0 aliphatic rings. The lowest BCUT2D eigenvalue weighted by atomic mass is 10.1.